The van der Waals surface area contributed by atoms with Crippen LogP contribution in [0.1, 0.15) is 63.8 Å². The quantitative estimate of drug-likeness (QED) is 0.0701. The molecule has 0 saturated carbocycles. The Kier molecular flexibility index (Phi) is 15.6. The summed E-state index contributed by atoms with van der Waals surface area (Å²) in [6.07, 6.45) is 4.27. The molecule has 3 unspecified atom stereocenters. The highest BCUT2D eigenvalue weighted by molar-refractivity contribution is 7.81. The fourth-order valence-corrected chi connectivity index (χ4v) is 6.20. The topological polar surface area (TPSA) is 154 Å². The molecule has 12 heteroatoms. The van der Waals surface area contributed by atoms with Crippen molar-refractivity contribution in [1.82, 2.24) is 31.2 Å². The average molecular weight is 729 g/mol. The third kappa shape index (κ3) is 12.7. The highest BCUT2D eigenvalue weighted by Crippen LogP contribution is 2.21. The van der Waals surface area contributed by atoms with Gasteiger partial charge in [-0.15, -0.1) is 0 Å². The van der Waals surface area contributed by atoms with Crippen molar-refractivity contribution in [3.05, 3.63) is 102 Å². The minimum absolute atomic E-state index is 0.0251. The summed E-state index contributed by atoms with van der Waals surface area (Å²) in [5.41, 5.74) is 2.21. The van der Waals surface area contributed by atoms with E-state index < -0.39 is 41.3 Å². The van der Waals surface area contributed by atoms with Gasteiger partial charge in [-0.1, -0.05) is 107 Å². The molecule has 5 atom stereocenters. The maximum atomic E-state index is 14.2. The average Bonchev–Trinajstić information content (AvgIpc) is 3.65. The molecule has 1 aromatic heterocycles. The van der Waals surface area contributed by atoms with Crippen LogP contribution >= 0.6 is 12.6 Å². The largest absolute Gasteiger partial charge is 0.445 e. The summed E-state index contributed by atoms with van der Waals surface area (Å²) >= 11 is 4.77. The Morgan fingerprint density at radius 1 is 0.846 bits per heavy atom. The summed E-state index contributed by atoms with van der Waals surface area (Å²) in [4.78, 5) is 61.3. The molecule has 52 heavy (non-hydrogen) atoms. The summed E-state index contributed by atoms with van der Waals surface area (Å²) < 4.78 is 5.49. The lowest BCUT2D eigenvalue weighted by atomic mass is 9.97. The second-order valence-electron chi connectivity index (χ2n) is 13.8. The number of rotatable bonds is 19. The van der Waals surface area contributed by atoms with Gasteiger partial charge < -0.3 is 31.0 Å². The number of nitrogens with one attached hydrogen (secondary N) is 5. The molecule has 0 radical (unpaired) electrons. The van der Waals surface area contributed by atoms with E-state index in [9.17, 15) is 19.2 Å². The lowest BCUT2D eigenvalue weighted by Gasteiger charge is -2.29. The number of amides is 4. The van der Waals surface area contributed by atoms with Gasteiger partial charge in [0.1, 0.15) is 18.7 Å². The standard InChI is InChI=1S/C40H52N6O5S/c1-5-27(4)22-42-37(47)21-36(52)33(18-26(2)3)44-39(49)35(20-31-23-41-25-43-31)45-38(48)34(46-40(50)51-24-28-12-7-6-8-13-28)19-30-16-11-15-29-14-9-10-17-32(29)30/h6-17,23,25-27,33-36,52H,5,18-22,24H2,1-4H3,(H,41,43)(H,42,47)(H,44,49)(H,45,48)(H,46,50)/t27?,33?,34-,35-,36?/m0/s1. The normalized spacial score (nSPS) is 14.1. The number of alkyl carbamates (subject to hydrolysis) is 1. The van der Waals surface area contributed by atoms with Crippen molar-refractivity contribution in [1.29, 1.82) is 0 Å². The van der Waals surface area contributed by atoms with Crippen molar-refractivity contribution < 1.29 is 23.9 Å². The molecule has 4 rings (SSSR count). The van der Waals surface area contributed by atoms with E-state index in [0.717, 1.165) is 28.3 Å². The third-order valence-electron chi connectivity index (χ3n) is 8.98. The van der Waals surface area contributed by atoms with Gasteiger partial charge in [0.25, 0.3) is 0 Å². The number of hydrogen-bond donors (Lipinski definition) is 6. The molecule has 0 aliphatic carbocycles. The van der Waals surface area contributed by atoms with Crippen LogP contribution in [0.15, 0.2) is 85.3 Å². The molecule has 5 N–H and O–H groups in total. The lowest BCUT2D eigenvalue weighted by Crippen LogP contribution is -2.57. The van der Waals surface area contributed by atoms with Gasteiger partial charge in [-0.05, 0) is 40.2 Å². The van der Waals surface area contributed by atoms with Crippen molar-refractivity contribution in [2.75, 3.05) is 6.54 Å². The second kappa shape index (κ2) is 20.3. The molecule has 4 amide bonds. The number of aromatic amines is 1. The van der Waals surface area contributed by atoms with Crippen LogP contribution in [0.2, 0.25) is 0 Å². The first-order valence-corrected chi connectivity index (χ1v) is 18.5. The zero-order valence-corrected chi connectivity index (χ0v) is 31.3. The van der Waals surface area contributed by atoms with E-state index in [1.54, 1.807) is 6.20 Å². The molecule has 3 aromatic carbocycles. The number of thiol groups is 1. The van der Waals surface area contributed by atoms with Crippen molar-refractivity contribution in [2.24, 2.45) is 11.8 Å². The van der Waals surface area contributed by atoms with E-state index in [0.29, 0.717) is 24.6 Å². The van der Waals surface area contributed by atoms with Gasteiger partial charge in [0.15, 0.2) is 0 Å². The highest BCUT2D eigenvalue weighted by atomic mass is 32.1. The third-order valence-corrected chi connectivity index (χ3v) is 9.53. The SMILES string of the molecule is CCC(C)CNC(=O)CC(S)C(CC(C)C)NC(=O)[C@H](Cc1c[nH]cn1)NC(=O)[C@H](Cc1cccc2ccccc12)NC(=O)OCc1ccccc1. The number of H-pyrrole nitrogens is 1. The van der Waals surface area contributed by atoms with Crippen LogP contribution in [-0.4, -0.2) is 63.7 Å². The number of aromatic nitrogens is 2. The van der Waals surface area contributed by atoms with Crippen LogP contribution in [0, 0.1) is 11.8 Å². The molecule has 278 valence electrons. The summed E-state index contributed by atoms with van der Waals surface area (Å²) in [5.74, 6) is -0.599. The number of carbonyl (C=O) groups is 4. The maximum Gasteiger partial charge on any atom is 0.408 e. The van der Waals surface area contributed by atoms with Gasteiger partial charge in [0.2, 0.25) is 17.7 Å². The smallest absolute Gasteiger partial charge is 0.408 e. The minimum Gasteiger partial charge on any atom is -0.445 e. The molecule has 0 bridgehead atoms. The second-order valence-corrected chi connectivity index (χ2v) is 14.4. The number of carbonyl (C=O) groups excluding carboxylic acids is 4. The van der Waals surface area contributed by atoms with E-state index in [1.807, 2.05) is 86.6 Å². The molecule has 4 aromatic rings. The Hall–Kier alpha value is -4.84. The monoisotopic (exact) mass is 728 g/mol. The predicted octanol–water partition coefficient (Wildman–Crippen LogP) is 5.51. The van der Waals surface area contributed by atoms with E-state index >= 15 is 0 Å². The fourth-order valence-electron chi connectivity index (χ4n) is 5.84. The van der Waals surface area contributed by atoms with Crippen LogP contribution < -0.4 is 21.3 Å². The van der Waals surface area contributed by atoms with Crippen LogP contribution in [0.5, 0.6) is 0 Å². The Bertz CT molecular complexity index is 1730. The Morgan fingerprint density at radius 2 is 1.54 bits per heavy atom. The van der Waals surface area contributed by atoms with Crippen molar-refractivity contribution in [3.63, 3.8) is 0 Å². The molecule has 0 fully saturated rings. The van der Waals surface area contributed by atoms with Crippen LogP contribution in [0.4, 0.5) is 4.79 Å². The van der Waals surface area contributed by atoms with Crippen molar-refractivity contribution in [2.45, 2.75) is 89.8 Å². The van der Waals surface area contributed by atoms with Crippen LogP contribution in [-0.2, 0) is 38.6 Å². The number of imidazole rings is 1. The minimum atomic E-state index is -1.08. The van der Waals surface area contributed by atoms with Crippen molar-refractivity contribution >= 4 is 47.2 Å². The van der Waals surface area contributed by atoms with Crippen LogP contribution in [0.3, 0.4) is 0 Å². The first kappa shape index (κ1) is 39.9. The zero-order valence-electron chi connectivity index (χ0n) is 30.4. The number of ether oxygens (including phenoxy) is 1. The van der Waals surface area contributed by atoms with Gasteiger partial charge in [0.05, 0.1) is 12.0 Å². The number of hydrogen-bond acceptors (Lipinski definition) is 7. The Labute approximate surface area is 311 Å². The van der Waals surface area contributed by atoms with Gasteiger partial charge in [-0.2, -0.15) is 12.6 Å². The van der Waals surface area contributed by atoms with E-state index in [1.165, 1.54) is 6.33 Å². The van der Waals surface area contributed by atoms with Crippen molar-refractivity contribution in [3.8, 4) is 0 Å². The molecule has 0 spiro atoms. The van der Waals surface area contributed by atoms with Gasteiger partial charge in [0, 0.05) is 43.3 Å². The summed E-state index contributed by atoms with van der Waals surface area (Å²) in [6.45, 7) is 8.81. The number of fused-ring (bicyclic) bond motifs is 1. The predicted molar refractivity (Wildman–Crippen MR) is 207 cm³/mol. The van der Waals surface area contributed by atoms with Gasteiger partial charge >= 0.3 is 6.09 Å². The summed E-state index contributed by atoms with van der Waals surface area (Å²) in [6, 6.07) is 20.3. The van der Waals surface area contributed by atoms with E-state index in [2.05, 4.69) is 45.1 Å². The first-order chi connectivity index (χ1) is 25.0. The number of nitrogens with zero attached hydrogens (tertiary/aromatic N) is 1. The van der Waals surface area contributed by atoms with E-state index in [-0.39, 0.29) is 37.7 Å². The van der Waals surface area contributed by atoms with Crippen LogP contribution in [0.25, 0.3) is 10.8 Å². The number of benzene rings is 3. The molecular formula is C40H52N6O5S. The summed E-state index contributed by atoms with van der Waals surface area (Å²) in [5, 5.41) is 13.2. The first-order valence-electron chi connectivity index (χ1n) is 18.0. The molecule has 0 aliphatic heterocycles. The highest BCUT2D eigenvalue weighted by Gasteiger charge is 2.31. The fraction of sp³-hybridized carbons (Fsp3) is 0.425. The van der Waals surface area contributed by atoms with Gasteiger partial charge in [-0.3, -0.25) is 14.4 Å². The molecular weight excluding hydrogens is 677 g/mol. The summed E-state index contributed by atoms with van der Waals surface area (Å²) in [7, 11) is 0. The van der Waals surface area contributed by atoms with E-state index in [4.69, 9.17) is 17.4 Å². The molecule has 0 aliphatic rings. The Balaban J connectivity index is 1.54. The van der Waals surface area contributed by atoms with Gasteiger partial charge in [-0.25, -0.2) is 9.78 Å². The zero-order chi connectivity index (χ0) is 37.5. The molecule has 11 nitrogen and oxygen atoms in total. The maximum absolute atomic E-state index is 14.2. The molecule has 0 saturated heterocycles. The molecule has 1 heterocycles. The Morgan fingerprint density at radius 3 is 2.25 bits per heavy atom. The lowest BCUT2D eigenvalue weighted by molar-refractivity contribution is -0.130.